The van der Waals surface area contributed by atoms with Crippen LogP contribution in [0.15, 0.2) is 0 Å². The van der Waals surface area contributed by atoms with E-state index in [-0.39, 0.29) is 5.41 Å². The van der Waals surface area contributed by atoms with Crippen LogP contribution >= 0.6 is 0 Å². The van der Waals surface area contributed by atoms with Crippen LogP contribution in [-0.2, 0) is 0 Å². The monoisotopic (exact) mass is 157 g/mol. The van der Waals surface area contributed by atoms with Gasteiger partial charge in [-0.3, -0.25) is 0 Å². The molecular weight excluding hydrogens is 134 g/mol. The summed E-state index contributed by atoms with van der Waals surface area (Å²) in [6.45, 7) is 13.3. The highest BCUT2D eigenvalue weighted by Crippen LogP contribution is 2.27. The quantitative estimate of drug-likeness (QED) is 0.655. The molecule has 0 aliphatic rings. The molecule has 0 amide bonds. The number of rotatable bonds is 2. The molecule has 0 heterocycles. The average Bonchev–Trinajstić information content (AvgIpc) is 1.82. The summed E-state index contributed by atoms with van der Waals surface area (Å²) < 4.78 is 0. The molecule has 0 aromatic heterocycles. The van der Waals surface area contributed by atoms with Crippen LogP contribution in [0.5, 0.6) is 0 Å². The smallest absolute Gasteiger partial charge is 0.0116 e. The van der Waals surface area contributed by atoms with Crippen LogP contribution in [0.25, 0.3) is 0 Å². The Labute approximate surface area is 71.4 Å². The third kappa shape index (κ3) is 3.24. The standard InChI is InChI=1S/C10H23N/c1-7(2)8(3)9(11)10(4,5)6/h7-9H,11H2,1-6H3. The molecule has 2 atom stereocenters. The second kappa shape index (κ2) is 3.57. The van der Waals surface area contributed by atoms with Crippen LogP contribution in [0, 0.1) is 17.3 Å². The third-order valence-electron chi connectivity index (χ3n) is 2.62. The molecular formula is C10H23N. The zero-order valence-electron chi connectivity index (χ0n) is 8.81. The molecule has 0 spiro atoms. The van der Waals surface area contributed by atoms with Gasteiger partial charge in [0.05, 0.1) is 0 Å². The zero-order chi connectivity index (χ0) is 9.23. The fourth-order valence-corrected chi connectivity index (χ4v) is 1.20. The minimum Gasteiger partial charge on any atom is -0.327 e. The van der Waals surface area contributed by atoms with Gasteiger partial charge in [-0.25, -0.2) is 0 Å². The summed E-state index contributed by atoms with van der Waals surface area (Å²) in [5.74, 6) is 1.29. The lowest BCUT2D eigenvalue weighted by molar-refractivity contribution is 0.208. The van der Waals surface area contributed by atoms with Crippen LogP contribution in [0.3, 0.4) is 0 Å². The molecule has 68 valence electrons. The first-order valence-corrected chi connectivity index (χ1v) is 4.52. The molecule has 0 saturated heterocycles. The zero-order valence-corrected chi connectivity index (χ0v) is 8.81. The highest BCUT2D eigenvalue weighted by atomic mass is 14.7. The van der Waals surface area contributed by atoms with Gasteiger partial charge in [0.25, 0.3) is 0 Å². The lowest BCUT2D eigenvalue weighted by atomic mass is 9.76. The first kappa shape index (κ1) is 11.0. The summed E-state index contributed by atoms with van der Waals surface area (Å²) in [6.07, 6.45) is 0. The van der Waals surface area contributed by atoms with Gasteiger partial charge in [0, 0.05) is 6.04 Å². The average molecular weight is 157 g/mol. The Balaban J connectivity index is 4.13. The topological polar surface area (TPSA) is 26.0 Å². The molecule has 0 aliphatic heterocycles. The number of hydrogen-bond donors (Lipinski definition) is 1. The molecule has 0 saturated carbocycles. The van der Waals surface area contributed by atoms with Gasteiger partial charge in [-0.1, -0.05) is 41.5 Å². The Hall–Kier alpha value is -0.0400. The van der Waals surface area contributed by atoms with E-state index in [9.17, 15) is 0 Å². The Kier molecular flexibility index (Phi) is 3.56. The fraction of sp³-hybridized carbons (Fsp3) is 1.00. The molecule has 0 rings (SSSR count). The maximum Gasteiger partial charge on any atom is 0.0116 e. The predicted octanol–water partition coefficient (Wildman–Crippen LogP) is 2.65. The third-order valence-corrected chi connectivity index (χ3v) is 2.62. The maximum atomic E-state index is 6.10. The van der Waals surface area contributed by atoms with Gasteiger partial charge in [0.2, 0.25) is 0 Å². The summed E-state index contributed by atoms with van der Waals surface area (Å²) in [4.78, 5) is 0. The van der Waals surface area contributed by atoms with Crippen LogP contribution in [0.4, 0.5) is 0 Å². The van der Waals surface area contributed by atoms with E-state index in [0.29, 0.717) is 17.9 Å². The van der Waals surface area contributed by atoms with Crippen molar-refractivity contribution in [2.24, 2.45) is 23.0 Å². The van der Waals surface area contributed by atoms with Crippen molar-refractivity contribution in [3.8, 4) is 0 Å². The molecule has 0 bridgehead atoms. The molecule has 11 heavy (non-hydrogen) atoms. The van der Waals surface area contributed by atoms with Crippen LogP contribution in [0.1, 0.15) is 41.5 Å². The van der Waals surface area contributed by atoms with Gasteiger partial charge in [0.15, 0.2) is 0 Å². The molecule has 2 N–H and O–H groups in total. The van der Waals surface area contributed by atoms with Gasteiger partial charge in [-0.05, 0) is 17.3 Å². The highest BCUT2D eigenvalue weighted by molar-refractivity contribution is 4.82. The molecule has 1 heteroatoms. The molecule has 0 aromatic carbocycles. The maximum absolute atomic E-state index is 6.10. The summed E-state index contributed by atoms with van der Waals surface area (Å²) in [6, 6.07) is 0.308. The fourth-order valence-electron chi connectivity index (χ4n) is 1.20. The predicted molar refractivity (Wildman–Crippen MR) is 51.4 cm³/mol. The summed E-state index contributed by atoms with van der Waals surface area (Å²) >= 11 is 0. The SMILES string of the molecule is CC(C)C(C)C(N)C(C)(C)C. The van der Waals surface area contributed by atoms with Crippen LogP contribution < -0.4 is 5.73 Å². The Morgan fingerprint density at radius 3 is 1.45 bits per heavy atom. The highest BCUT2D eigenvalue weighted by Gasteiger charge is 2.27. The van der Waals surface area contributed by atoms with Crippen molar-refractivity contribution in [2.45, 2.75) is 47.6 Å². The lowest BCUT2D eigenvalue weighted by Crippen LogP contribution is -2.42. The normalized spacial score (nSPS) is 18.5. The van der Waals surface area contributed by atoms with Gasteiger partial charge in [0.1, 0.15) is 0 Å². The molecule has 0 aliphatic carbocycles. The van der Waals surface area contributed by atoms with Crippen molar-refractivity contribution in [2.75, 3.05) is 0 Å². The molecule has 2 unspecified atom stereocenters. The number of hydrogen-bond acceptors (Lipinski definition) is 1. The largest absolute Gasteiger partial charge is 0.327 e. The van der Waals surface area contributed by atoms with Crippen LogP contribution in [0.2, 0.25) is 0 Å². The van der Waals surface area contributed by atoms with Crippen molar-refractivity contribution in [3.63, 3.8) is 0 Å². The Morgan fingerprint density at radius 2 is 1.36 bits per heavy atom. The second-order valence-electron chi connectivity index (χ2n) is 4.99. The summed E-state index contributed by atoms with van der Waals surface area (Å²) in [5, 5.41) is 0. The molecule has 1 nitrogen and oxygen atoms in total. The van der Waals surface area contributed by atoms with Crippen molar-refractivity contribution >= 4 is 0 Å². The molecule has 0 fully saturated rings. The van der Waals surface area contributed by atoms with E-state index in [1.165, 1.54) is 0 Å². The van der Waals surface area contributed by atoms with E-state index in [1.807, 2.05) is 0 Å². The minimum atomic E-state index is 0.240. The molecule has 0 radical (unpaired) electrons. The van der Waals surface area contributed by atoms with Crippen molar-refractivity contribution in [1.82, 2.24) is 0 Å². The van der Waals surface area contributed by atoms with E-state index >= 15 is 0 Å². The van der Waals surface area contributed by atoms with E-state index < -0.39 is 0 Å². The van der Waals surface area contributed by atoms with Gasteiger partial charge in [-0.2, -0.15) is 0 Å². The van der Waals surface area contributed by atoms with Crippen molar-refractivity contribution < 1.29 is 0 Å². The second-order valence-corrected chi connectivity index (χ2v) is 4.99. The van der Waals surface area contributed by atoms with Crippen LogP contribution in [-0.4, -0.2) is 6.04 Å². The van der Waals surface area contributed by atoms with E-state index in [0.717, 1.165) is 0 Å². The van der Waals surface area contributed by atoms with E-state index in [4.69, 9.17) is 5.73 Å². The lowest BCUT2D eigenvalue weighted by Gasteiger charge is -2.34. The van der Waals surface area contributed by atoms with Gasteiger partial charge in [-0.15, -0.1) is 0 Å². The first-order chi connectivity index (χ1) is 4.76. The Morgan fingerprint density at radius 1 is 1.00 bits per heavy atom. The molecule has 0 aromatic rings. The van der Waals surface area contributed by atoms with Crippen molar-refractivity contribution in [1.29, 1.82) is 0 Å². The first-order valence-electron chi connectivity index (χ1n) is 4.52. The van der Waals surface area contributed by atoms with Gasteiger partial charge < -0.3 is 5.73 Å². The van der Waals surface area contributed by atoms with E-state index in [1.54, 1.807) is 0 Å². The minimum absolute atomic E-state index is 0.240. The summed E-state index contributed by atoms with van der Waals surface area (Å²) in [7, 11) is 0. The summed E-state index contributed by atoms with van der Waals surface area (Å²) in [5.41, 5.74) is 6.33. The number of nitrogens with two attached hydrogens (primary N) is 1. The van der Waals surface area contributed by atoms with E-state index in [2.05, 4.69) is 41.5 Å². The Bertz CT molecular complexity index is 111. The van der Waals surface area contributed by atoms with Crippen molar-refractivity contribution in [3.05, 3.63) is 0 Å². The van der Waals surface area contributed by atoms with Gasteiger partial charge >= 0.3 is 0 Å².